The summed E-state index contributed by atoms with van der Waals surface area (Å²) in [6.07, 6.45) is 0. The maximum absolute atomic E-state index is 14.0. The third-order valence-electron chi connectivity index (χ3n) is 5.29. The lowest BCUT2D eigenvalue weighted by molar-refractivity contribution is -0.121. The van der Waals surface area contributed by atoms with E-state index in [2.05, 4.69) is 0 Å². The number of allylic oxidation sites excluding steroid dienone is 1. The van der Waals surface area contributed by atoms with Crippen LogP contribution in [0, 0.1) is 11.7 Å². The Hall–Kier alpha value is -3.04. The van der Waals surface area contributed by atoms with Gasteiger partial charge in [-0.3, -0.25) is 4.79 Å². The maximum Gasteiger partial charge on any atom is 0.170 e. The Labute approximate surface area is 157 Å². The number of carbonyl (C=O) groups excluding carboxylic acids is 1. The number of aliphatic hydroxyl groups is 1. The Balaban J connectivity index is 2.06. The predicted octanol–water partition coefficient (Wildman–Crippen LogP) is 4.84. The molecule has 0 radical (unpaired) electrons. The van der Waals surface area contributed by atoms with Gasteiger partial charge in [0.1, 0.15) is 11.4 Å². The molecular formula is C24H19FO2. The molecule has 27 heavy (non-hydrogen) atoms. The number of benzene rings is 3. The lowest BCUT2D eigenvalue weighted by Gasteiger charge is -2.31. The van der Waals surface area contributed by atoms with E-state index in [0.717, 1.165) is 11.1 Å². The first-order valence-corrected chi connectivity index (χ1v) is 8.91. The van der Waals surface area contributed by atoms with Crippen molar-refractivity contribution in [3.05, 3.63) is 107 Å². The summed E-state index contributed by atoms with van der Waals surface area (Å²) in [6, 6.07) is 24.6. The highest BCUT2D eigenvalue weighted by Gasteiger charge is 2.52. The van der Waals surface area contributed by atoms with Crippen LogP contribution in [0.2, 0.25) is 0 Å². The van der Waals surface area contributed by atoms with Crippen LogP contribution >= 0.6 is 0 Å². The fourth-order valence-electron chi connectivity index (χ4n) is 3.92. The Morgan fingerprint density at radius 2 is 1.44 bits per heavy atom. The van der Waals surface area contributed by atoms with Crippen molar-refractivity contribution >= 4 is 16.9 Å². The van der Waals surface area contributed by atoms with E-state index in [1.165, 1.54) is 12.1 Å². The minimum atomic E-state index is -1.61. The number of halogens is 1. The van der Waals surface area contributed by atoms with E-state index in [-0.39, 0.29) is 5.78 Å². The average molecular weight is 358 g/mol. The van der Waals surface area contributed by atoms with Crippen LogP contribution in [0.3, 0.4) is 0 Å². The molecule has 0 fully saturated rings. The van der Waals surface area contributed by atoms with Gasteiger partial charge < -0.3 is 5.11 Å². The van der Waals surface area contributed by atoms with Gasteiger partial charge >= 0.3 is 0 Å². The van der Waals surface area contributed by atoms with Crippen LogP contribution in [0.5, 0.6) is 0 Å². The number of Topliss-reactive ketones (excluding diaryl/α,β-unsaturated/α-hetero) is 1. The first kappa shape index (κ1) is 17.4. The van der Waals surface area contributed by atoms with Gasteiger partial charge in [-0.05, 0) is 28.8 Å². The van der Waals surface area contributed by atoms with Gasteiger partial charge in [0.25, 0.3) is 0 Å². The van der Waals surface area contributed by atoms with Crippen molar-refractivity contribution in [1.82, 2.24) is 0 Å². The van der Waals surface area contributed by atoms with Gasteiger partial charge in [0.05, 0.1) is 5.92 Å². The van der Waals surface area contributed by atoms with Crippen molar-refractivity contribution < 1.29 is 14.3 Å². The zero-order valence-corrected chi connectivity index (χ0v) is 14.9. The second-order valence-corrected chi connectivity index (χ2v) is 6.84. The fraction of sp³-hybridized carbons (Fsp3) is 0.125. The second-order valence-electron chi connectivity index (χ2n) is 6.84. The van der Waals surface area contributed by atoms with E-state index in [1.54, 1.807) is 19.1 Å². The SMILES string of the molecule is CC1C(=O)C(c2ccccc2)=C(c2ccccc2)C1(O)c1cccc(F)c1. The Morgan fingerprint density at radius 1 is 0.852 bits per heavy atom. The van der Waals surface area contributed by atoms with Gasteiger partial charge in [-0.1, -0.05) is 79.7 Å². The average Bonchev–Trinajstić information content (AvgIpc) is 2.91. The summed E-state index contributed by atoms with van der Waals surface area (Å²) < 4.78 is 14.0. The normalized spacial score (nSPS) is 22.3. The third-order valence-corrected chi connectivity index (χ3v) is 5.29. The number of rotatable bonds is 3. The summed E-state index contributed by atoms with van der Waals surface area (Å²) in [5.41, 5.74) is 1.29. The fourth-order valence-corrected chi connectivity index (χ4v) is 3.92. The summed E-state index contributed by atoms with van der Waals surface area (Å²) in [5.74, 6) is -1.32. The number of hydrogen-bond acceptors (Lipinski definition) is 2. The zero-order valence-electron chi connectivity index (χ0n) is 14.9. The lowest BCUT2D eigenvalue weighted by Crippen LogP contribution is -2.34. The molecule has 4 rings (SSSR count). The molecule has 0 bridgehead atoms. The standard InChI is InChI=1S/C24H19FO2/c1-16-23(26)21(17-9-4-2-5-10-17)22(18-11-6-3-7-12-18)24(16,27)19-13-8-14-20(25)15-19/h2-16,27H,1H3. The Kier molecular flexibility index (Phi) is 4.25. The van der Waals surface area contributed by atoms with Gasteiger partial charge in [0, 0.05) is 11.1 Å². The van der Waals surface area contributed by atoms with Gasteiger partial charge in [0.2, 0.25) is 0 Å². The Bertz CT molecular complexity index is 1020. The second kappa shape index (κ2) is 6.60. The van der Waals surface area contributed by atoms with Crippen molar-refractivity contribution in [1.29, 1.82) is 0 Å². The first-order chi connectivity index (χ1) is 13.0. The van der Waals surface area contributed by atoms with Crippen LogP contribution in [0.4, 0.5) is 4.39 Å². The highest BCUT2D eigenvalue weighted by atomic mass is 19.1. The van der Waals surface area contributed by atoms with E-state index in [4.69, 9.17) is 0 Å². The molecule has 3 heteroatoms. The molecule has 0 saturated carbocycles. The summed E-state index contributed by atoms with van der Waals surface area (Å²) in [6.45, 7) is 1.70. The molecule has 0 saturated heterocycles. The molecule has 1 N–H and O–H groups in total. The highest BCUT2D eigenvalue weighted by molar-refractivity contribution is 6.33. The molecule has 2 nitrogen and oxygen atoms in total. The van der Waals surface area contributed by atoms with Crippen LogP contribution in [0.1, 0.15) is 23.6 Å². The van der Waals surface area contributed by atoms with E-state index in [0.29, 0.717) is 16.7 Å². The van der Waals surface area contributed by atoms with Gasteiger partial charge in [0.15, 0.2) is 5.78 Å². The molecule has 3 aromatic carbocycles. The van der Waals surface area contributed by atoms with Crippen molar-refractivity contribution in [2.45, 2.75) is 12.5 Å². The predicted molar refractivity (Wildman–Crippen MR) is 104 cm³/mol. The first-order valence-electron chi connectivity index (χ1n) is 8.91. The molecule has 1 aliphatic rings. The van der Waals surface area contributed by atoms with Gasteiger partial charge in [-0.15, -0.1) is 0 Å². The summed E-state index contributed by atoms with van der Waals surface area (Å²) >= 11 is 0. The molecule has 0 aliphatic heterocycles. The molecule has 2 atom stereocenters. The van der Waals surface area contributed by atoms with E-state index in [1.807, 2.05) is 60.7 Å². The summed E-state index contributed by atoms with van der Waals surface area (Å²) in [4.78, 5) is 13.3. The van der Waals surface area contributed by atoms with Crippen LogP contribution in [-0.4, -0.2) is 10.9 Å². The molecule has 3 aromatic rings. The summed E-state index contributed by atoms with van der Waals surface area (Å²) in [7, 11) is 0. The molecule has 0 spiro atoms. The third kappa shape index (κ3) is 2.71. The molecular weight excluding hydrogens is 339 g/mol. The van der Waals surface area contributed by atoms with Crippen LogP contribution in [0.15, 0.2) is 84.9 Å². The minimum absolute atomic E-state index is 0.146. The van der Waals surface area contributed by atoms with E-state index >= 15 is 0 Å². The number of ketones is 1. The molecule has 1 aliphatic carbocycles. The molecule has 2 unspecified atom stereocenters. The summed E-state index contributed by atoms with van der Waals surface area (Å²) in [5, 5.41) is 11.8. The smallest absolute Gasteiger partial charge is 0.170 e. The maximum atomic E-state index is 14.0. The minimum Gasteiger partial charge on any atom is -0.380 e. The highest BCUT2D eigenvalue weighted by Crippen LogP contribution is 2.53. The monoisotopic (exact) mass is 358 g/mol. The van der Waals surface area contributed by atoms with E-state index in [9.17, 15) is 14.3 Å². The molecule has 134 valence electrons. The van der Waals surface area contributed by atoms with Gasteiger partial charge in [-0.25, -0.2) is 4.39 Å². The van der Waals surface area contributed by atoms with Crippen molar-refractivity contribution in [3.8, 4) is 0 Å². The van der Waals surface area contributed by atoms with Crippen molar-refractivity contribution in [2.75, 3.05) is 0 Å². The van der Waals surface area contributed by atoms with Crippen molar-refractivity contribution in [2.24, 2.45) is 5.92 Å². The van der Waals surface area contributed by atoms with Crippen LogP contribution < -0.4 is 0 Å². The zero-order chi connectivity index (χ0) is 19.0. The molecule has 0 aromatic heterocycles. The topological polar surface area (TPSA) is 37.3 Å². The van der Waals surface area contributed by atoms with Crippen LogP contribution in [0.25, 0.3) is 11.1 Å². The number of carbonyl (C=O) groups is 1. The largest absolute Gasteiger partial charge is 0.380 e. The van der Waals surface area contributed by atoms with E-state index < -0.39 is 17.3 Å². The number of hydrogen-bond donors (Lipinski definition) is 1. The van der Waals surface area contributed by atoms with Crippen molar-refractivity contribution in [3.63, 3.8) is 0 Å². The Morgan fingerprint density at radius 3 is 2.04 bits per heavy atom. The molecule has 0 amide bonds. The van der Waals surface area contributed by atoms with Gasteiger partial charge in [-0.2, -0.15) is 0 Å². The lowest BCUT2D eigenvalue weighted by atomic mass is 9.78. The quantitative estimate of drug-likeness (QED) is 0.727. The molecule has 0 heterocycles. The van der Waals surface area contributed by atoms with Crippen LogP contribution in [-0.2, 0) is 10.4 Å².